The monoisotopic (exact) mass is 300 g/mol. The number of hydrogen-bond donors (Lipinski definition) is 1. The third-order valence-corrected chi connectivity index (χ3v) is 3.14. The van der Waals surface area contributed by atoms with Crippen molar-refractivity contribution in [3.8, 4) is 0 Å². The normalized spacial score (nSPS) is 9.94. The van der Waals surface area contributed by atoms with Crippen LogP contribution in [-0.4, -0.2) is 29.4 Å². The Kier molecular flexibility index (Phi) is 4.44. The van der Waals surface area contributed by atoms with Crippen LogP contribution >= 0.6 is 28.1 Å². The molecule has 0 spiro atoms. The zero-order chi connectivity index (χ0) is 12.3. The zero-order valence-electron chi connectivity index (χ0n) is 9.16. The molecule has 0 heterocycles. The molecule has 0 unspecified atom stereocenters. The molecule has 0 saturated carbocycles. The Morgan fingerprint density at radius 3 is 2.69 bits per heavy atom. The minimum atomic E-state index is -0.0894. The molecule has 0 radical (unpaired) electrons. The molecule has 1 aromatic carbocycles. The lowest BCUT2D eigenvalue weighted by atomic mass is 10.1. The van der Waals surface area contributed by atoms with E-state index in [4.69, 9.17) is 18.0 Å². The van der Waals surface area contributed by atoms with Gasteiger partial charge in [-0.05, 0) is 24.6 Å². The van der Waals surface area contributed by atoms with Gasteiger partial charge < -0.3 is 10.6 Å². The summed E-state index contributed by atoms with van der Waals surface area (Å²) in [6.45, 7) is 2.26. The fraction of sp³-hybridized carbons (Fsp3) is 0.273. The topological polar surface area (TPSA) is 46.3 Å². The Balaban J connectivity index is 2.88. The molecule has 1 amide bonds. The minimum Gasteiger partial charge on any atom is -0.392 e. The van der Waals surface area contributed by atoms with Gasteiger partial charge in [-0.2, -0.15) is 0 Å². The van der Waals surface area contributed by atoms with Crippen molar-refractivity contribution in [1.82, 2.24) is 4.90 Å². The van der Waals surface area contributed by atoms with E-state index in [0.717, 1.165) is 10.0 Å². The number of benzene rings is 1. The smallest absolute Gasteiger partial charge is 0.254 e. The Morgan fingerprint density at radius 1 is 1.56 bits per heavy atom. The van der Waals surface area contributed by atoms with Gasteiger partial charge in [0.15, 0.2) is 0 Å². The Hall–Kier alpha value is -0.940. The molecular weight excluding hydrogens is 288 g/mol. The summed E-state index contributed by atoms with van der Waals surface area (Å²) in [5.41, 5.74) is 7.10. The highest BCUT2D eigenvalue weighted by Gasteiger charge is 2.12. The lowest BCUT2D eigenvalue weighted by Crippen LogP contribution is -2.34. The Bertz CT molecular complexity index is 434. The van der Waals surface area contributed by atoms with Crippen molar-refractivity contribution in [2.75, 3.05) is 13.6 Å². The maximum Gasteiger partial charge on any atom is 0.254 e. The van der Waals surface area contributed by atoms with E-state index >= 15 is 0 Å². The summed E-state index contributed by atoms with van der Waals surface area (Å²) >= 11 is 8.16. The molecular formula is C11H13BrN2OS. The van der Waals surface area contributed by atoms with Gasteiger partial charge in [0.25, 0.3) is 5.91 Å². The fourth-order valence-electron chi connectivity index (χ4n) is 1.25. The van der Waals surface area contributed by atoms with Crippen LogP contribution in [0.5, 0.6) is 0 Å². The van der Waals surface area contributed by atoms with Crippen molar-refractivity contribution in [3.63, 3.8) is 0 Å². The molecule has 3 nitrogen and oxygen atoms in total. The molecule has 0 fully saturated rings. The number of rotatable bonds is 3. The first-order chi connectivity index (χ1) is 7.41. The van der Waals surface area contributed by atoms with Crippen LogP contribution < -0.4 is 5.73 Å². The van der Waals surface area contributed by atoms with Crippen molar-refractivity contribution in [1.29, 1.82) is 0 Å². The van der Waals surface area contributed by atoms with E-state index in [1.165, 1.54) is 4.90 Å². The lowest BCUT2D eigenvalue weighted by Gasteiger charge is -2.16. The number of aryl methyl sites for hydroxylation is 1. The van der Waals surface area contributed by atoms with Crippen molar-refractivity contribution in [2.45, 2.75) is 6.92 Å². The van der Waals surface area contributed by atoms with Crippen molar-refractivity contribution in [2.24, 2.45) is 5.73 Å². The van der Waals surface area contributed by atoms with Gasteiger partial charge in [0, 0.05) is 17.1 Å². The van der Waals surface area contributed by atoms with Crippen LogP contribution in [0.25, 0.3) is 0 Å². The molecule has 1 rings (SSSR count). The highest BCUT2D eigenvalue weighted by atomic mass is 79.9. The van der Waals surface area contributed by atoms with Gasteiger partial charge in [-0.3, -0.25) is 4.79 Å². The van der Waals surface area contributed by atoms with Crippen LogP contribution in [0.3, 0.4) is 0 Å². The van der Waals surface area contributed by atoms with Crippen LogP contribution in [0.2, 0.25) is 0 Å². The first-order valence-corrected chi connectivity index (χ1v) is 5.92. The van der Waals surface area contributed by atoms with Gasteiger partial charge >= 0.3 is 0 Å². The first kappa shape index (κ1) is 13.1. The average Bonchev–Trinajstić information content (AvgIpc) is 2.20. The van der Waals surface area contributed by atoms with E-state index in [2.05, 4.69) is 15.9 Å². The van der Waals surface area contributed by atoms with Gasteiger partial charge in [-0.25, -0.2) is 0 Å². The third kappa shape index (κ3) is 3.28. The second-order valence-corrected chi connectivity index (χ2v) is 4.97. The molecule has 86 valence electrons. The van der Waals surface area contributed by atoms with E-state index in [9.17, 15) is 4.79 Å². The highest BCUT2D eigenvalue weighted by molar-refractivity contribution is 9.10. The SMILES string of the molecule is Cc1ccc(C(=O)N(C)CC(N)=S)cc1Br. The third-order valence-electron chi connectivity index (χ3n) is 2.16. The van der Waals surface area contributed by atoms with Gasteiger partial charge in [-0.1, -0.05) is 34.2 Å². The first-order valence-electron chi connectivity index (χ1n) is 4.71. The van der Waals surface area contributed by atoms with Gasteiger partial charge in [-0.15, -0.1) is 0 Å². The summed E-state index contributed by atoms with van der Waals surface area (Å²) in [5.74, 6) is -0.0894. The second kappa shape index (κ2) is 5.41. The Labute approximate surface area is 109 Å². The summed E-state index contributed by atoms with van der Waals surface area (Å²) in [5, 5.41) is 0. The fourth-order valence-corrected chi connectivity index (χ4v) is 1.82. The summed E-state index contributed by atoms with van der Waals surface area (Å²) in [6.07, 6.45) is 0. The lowest BCUT2D eigenvalue weighted by molar-refractivity contribution is 0.0815. The summed E-state index contributed by atoms with van der Waals surface area (Å²) in [6, 6.07) is 5.48. The molecule has 0 aliphatic rings. The molecule has 5 heteroatoms. The summed E-state index contributed by atoms with van der Waals surface area (Å²) in [4.78, 5) is 13.7. The maximum absolute atomic E-state index is 11.9. The van der Waals surface area contributed by atoms with Gasteiger partial charge in [0.2, 0.25) is 0 Å². The molecule has 0 bridgehead atoms. The second-order valence-electron chi connectivity index (χ2n) is 3.59. The molecule has 0 aliphatic heterocycles. The number of halogens is 1. The molecule has 0 aliphatic carbocycles. The number of likely N-dealkylation sites (N-methyl/N-ethyl adjacent to an activating group) is 1. The number of hydrogen-bond acceptors (Lipinski definition) is 2. The molecule has 1 aromatic rings. The van der Waals surface area contributed by atoms with Gasteiger partial charge in [0.05, 0.1) is 11.5 Å². The number of thiocarbonyl (C=S) groups is 1. The summed E-state index contributed by atoms with van der Waals surface area (Å²) in [7, 11) is 1.68. The van der Waals surface area contributed by atoms with Crippen molar-refractivity contribution in [3.05, 3.63) is 33.8 Å². The molecule has 16 heavy (non-hydrogen) atoms. The van der Waals surface area contributed by atoms with E-state index < -0.39 is 0 Å². The van der Waals surface area contributed by atoms with Gasteiger partial charge in [0.1, 0.15) is 0 Å². The van der Waals surface area contributed by atoms with Crippen LogP contribution in [0.4, 0.5) is 0 Å². The van der Waals surface area contributed by atoms with E-state index in [1.54, 1.807) is 19.2 Å². The predicted molar refractivity (Wildman–Crippen MR) is 72.6 cm³/mol. The number of amides is 1. The molecule has 2 N–H and O–H groups in total. The summed E-state index contributed by atoms with van der Waals surface area (Å²) < 4.78 is 0.919. The largest absolute Gasteiger partial charge is 0.392 e. The molecule has 0 atom stereocenters. The Morgan fingerprint density at radius 2 is 2.19 bits per heavy atom. The van der Waals surface area contributed by atoms with Crippen molar-refractivity contribution < 1.29 is 4.79 Å². The quantitative estimate of drug-likeness (QED) is 0.870. The maximum atomic E-state index is 11.9. The van der Waals surface area contributed by atoms with Crippen LogP contribution in [0.1, 0.15) is 15.9 Å². The van der Waals surface area contributed by atoms with E-state index in [0.29, 0.717) is 17.1 Å². The predicted octanol–water partition coefficient (Wildman–Crippen LogP) is 2.12. The molecule has 0 saturated heterocycles. The van der Waals surface area contributed by atoms with Crippen LogP contribution in [-0.2, 0) is 0 Å². The number of nitrogens with zero attached hydrogens (tertiary/aromatic N) is 1. The standard InChI is InChI=1S/C11H13BrN2OS/c1-7-3-4-8(5-9(7)12)11(15)14(2)6-10(13)16/h3-5H,6H2,1-2H3,(H2,13,16). The number of carbonyl (C=O) groups is 1. The number of carbonyl (C=O) groups excluding carboxylic acids is 1. The van der Waals surface area contributed by atoms with E-state index in [-0.39, 0.29) is 5.91 Å². The number of nitrogens with two attached hydrogens (primary N) is 1. The van der Waals surface area contributed by atoms with Crippen molar-refractivity contribution >= 4 is 39.0 Å². The average molecular weight is 301 g/mol. The minimum absolute atomic E-state index is 0.0894. The van der Waals surface area contributed by atoms with E-state index in [1.807, 2.05) is 13.0 Å². The highest BCUT2D eigenvalue weighted by Crippen LogP contribution is 2.18. The van der Waals surface area contributed by atoms with Crippen LogP contribution in [0, 0.1) is 6.92 Å². The van der Waals surface area contributed by atoms with Crippen LogP contribution in [0.15, 0.2) is 22.7 Å². The zero-order valence-corrected chi connectivity index (χ0v) is 11.6. The molecule has 0 aromatic heterocycles.